The van der Waals surface area contributed by atoms with Crippen LogP contribution >= 0.6 is 0 Å². The van der Waals surface area contributed by atoms with Crippen LogP contribution in [0.4, 0.5) is 17.1 Å². The Hall–Kier alpha value is -7.16. The molecule has 2 heteroatoms. The first-order chi connectivity index (χ1) is 30.5. The van der Waals surface area contributed by atoms with Gasteiger partial charge in [-0.3, -0.25) is 0 Å². The second-order valence-electron chi connectivity index (χ2n) is 19.7. The van der Waals surface area contributed by atoms with Crippen LogP contribution in [0.15, 0.2) is 192 Å². The molecule has 12 rings (SSSR count). The van der Waals surface area contributed by atoms with Crippen LogP contribution in [0.5, 0.6) is 0 Å². The topological polar surface area (TPSA) is 16.4 Å². The highest BCUT2D eigenvalue weighted by atomic mass is 16.3. The molecule has 0 fully saturated rings. The van der Waals surface area contributed by atoms with Crippen molar-refractivity contribution in [3.63, 3.8) is 0 Å². The maximum absolute atomic E-state index is 7.04. The van der Waals surface area contributed by atoms with Crippen molar-refractivity contribution >= 4 is 49.8 Å². The summed E-state index contributed by atoms with van der Waals surface area (Å²) in [7, 11) is 0. The molecular weight excluding hydrogens is 763 g/mol. The van der Waals surface area contributed by atoms with E-state index in [0.717, 1.165) is 50.1 Å². The van der Waals surface area contributed by atoms with E-state index in [0.29, 0.717) is 0 Å². The Balaban J connectivity index is 1.22. The summed E-state index contributed by atoms with van der Waals surface area (Å²) in [5.74, 6) is 0. The second kappa shape index (κ2) is 13.4. The van der Waals surface area contributed by atoms with Gasteiger partial charge in [0.2, 0.25) is 0 Å². The average molecular weight is 812 g/mol. The van der Waals surface area contributed by atoms with E-state index < -0.39 is 5.41 Å². The van der Waals surface area contributed by atoms with Crippen LogP contribution in [0.25, 0.3) is 66.1 Å². The summed E-state index contributed by atoms with van der Waals surface area (Å²) in [5.41, 5.74) is 19.9. The maximum atomic E-state index is 7.04. The Morgan fingerprint density at radius 2 is 0.952 bits per heavy atom. The van der Waals surface area contributed by atoms with Crippen LogP contribution in [0.1, 0.15) is 74.9 Å². The Labute approximate surface area is 370 Å². The van der Waals surface area contributed by atoms with Gasteiger partial charge in [-0.05, 0) is 113 Å². The molecule has 0 bridgehead atoms. The lowest BCUT2D eigenvalue weighted by molar-refractivity contribution is 0.586. The van der Waals surface area contributed by atoms with E-state index in [2.05, 4.69) is 234 Å². The molecule has 0 N–H and O–H groups in total. The number of nitrogens with zero attached hydrogens (tertiary/aromatic N) is 1. The fourth-order valence-corrected chi connectivity index (χ4v) is 10.9. The predicted octanol–water partition coefficient (Wildman–Crippen LogP) is 16.8. The molecule has 10 aromatic rings. The summed E-state index contributed by atoms with van der Waals surface area (Å²) in [5, 5.41) is 4.61. The molecule has 0 saturated carbocycles. The molecule has 1 spiro atoms. The van der Waals surface area contributed by atoms with Gasteiger partial charge in [0.25, 0.3) is 0 Å². The molecular formula is C61H49NO. The Kier molecular flexibility index (Phi) is 8.01. The zero-order valence-electron chi connectivity index (χ0n) is 36.8. The summed E-state index contributed by atoms with van der Waals surface area (Å²) < 4.78 is 7.04. The van der Waals surface area contributed by atoms with E-state index in [1.165, 1.54) is 66.4 Å². The van der Waals surface area contributed by atoms with Gasteiger partial charge >= 0.3 is 0 Å². The molecule has 1 aromatic heterocycles. The average Bonchev–Trinajstić information content (AvgIpc) is 3.93. The van der Waals surface area contributed by atoms with Gasteiger partial charge in [0.15, 0.2) is 5.58 Å². The molecule has 0 amide bonds. The molecule has 0 radical (unpaired) electrons. The van der Waals surface area contributed by atoms with E-state index in [1.54, 1.807) is 0 Å². The molecule has 0 atom stereocenters. The lowest BCUT2D eigenvalue weighted by Gasteiger charge is -2.34. The van der Waals surface area contributed by atoms with E-state index in [1.807, 2.05) is 0 Å². The number of anilines is 3. The minimum Gasteiger partial charge on any atom is -0.454 e. The van der Waals surface area contributed by atoms with Gasteiger partial charge in [0.1, 0.15) is 5.58 Å². The highest BCUT2D eigenvalue weighted by Crippen LogP contribution is 2.64. The maximum Gasteiger partial charge on any atom is 0.160 e. The Morgan fingerprint density at radius 1 is 0.413 bits per heavy atom. The fraction of sp³-hybridized carbons (Fsp3) is 0.148. The molecule has 0 saturated heterocycles. The zero-order valence-corrected chi connectivity index (χ0v) is 36.8. The van der Waals surface area contributed by atoms with Crippen molar-refractivity contribution < 1.29 is 4.42 Å². The predicted molar refractivity (Wildman–Crippen MR) is 265 cm³/mol. The third-order valence-corrected chi connectivity index (χ3v) is 14.0. The number of fused-ring (bicyclic) bond motifs is 15. The quantitative estimate of drug-likeness (QED) is 0.176. The van der Waals surface area contributed by atoms with Gasteiger partial charge in [-0.1, -0.05) is 199 Å². The van der Waals surface area contributed by atoms with E-state index in [4.69, 9.17) is 4.42 Å². The number of hydrogen-bond acceptors (Lipinski definition) is 2. The van der Waals surface area contributed by atoms with E-state index >= 15 is 0 Å². The van der Waals surface area contributed by atoms with Crippen LogP contribution in [0.3, 0.4) is 0 Å². The largest absolute Gasteiger partial charge is 0.454 e. The highest BCUT2D eigenvalue weighted by Gasteiger charge is 2.52. The van der Waals surface area contributed by atoms with Crippen molar-refractivity contribution in [2.24, 2.45) is 0 Å². The van der Waals surface area contributed by atoms with Crippen molar-refractivity contribution in [3.05, 3.63) is 221 Å². The van der Waals surface area contributed by atoms with Gasteiger partial charge < -0.3 is 9.32 Å². The van der Waals surface area contributed by atoms with Crippen molar-refractivity contribution in [3.8, 4) is 33.4 Å². The molecule has 9 aromatic carbocycles. The van der Waals surface area contributed by atoms with Gasteiger partial charge in [0, 0.05) is 22.0 Å². The zero-order chi connectivity index (χ0) is 42.8. The molecule has 2 aliphatic rings. The van der Waals surface area contributed by atoms with Crippen LogP contribution in [-0.2, 0) is 16.2 Å². The lowest BCUT2D eigenvalue weighted by Crippen LogP contribution is -2.27. The number of furan rings is 1. The lowest BCUT2D eigenvalue weighted by atomic mass is 9.68. The molecule has 63 heavy (non-hydrogen) atoms. The first-order valence-corrected chi connectivity index (χ1v) is 22.3. The van der Waals surface area contributed by atoms with Crippen molar-refractivity contribution in [2.75, 3.05) is 4.90 Å². The number of para-hydroxylation sites is 2. The van der Waals surface area contributed by atoms with Crippen molar-refractivity contribution in [1.82, 2.24) is 0 Å². The van der Waals surface area contributed by atoms with Crippen LogP contribution in [0, 0.1) is 0 Å². The Morgan fingerprint density at radius 3 is 1.65 bits per heavy atom. The minimum atomic E-state index is -0.544. The number of hydrogen-bond donors (Lipinski definition) is 0. The number of benzene rings is 9. The first-order valence-electron chi connectivity index (χ1n) is 22.3. The third-order valence-electron chi connectivity index (χ3n) is 14.0. The second-order valence-corrected chi connectivity index (χ2v) is 19.7. The fourth-order valence-electron chi connectivity index (χ4n) is 10.9. The summed E-state index contributed by atoms with van der Waals surface area (Å²) >= 11 is 0. The van der Waals surface area contributed by atoms with Crippen LogP contribution in [0.2, 0.25) is 0 Å². The molecule has 304 valence electrons. The van der Waals surface area contributed by atoms with Gasteiger partial charge in [0.05, 0.1) is 16.8 Å². The Bertz CT molecular complexity index is 3420. The summed E-state index contributed by atoms with van der Waals surface area (Å²) in [6.07, 6.45) is 0. The molecule has 0 unspecified atom stereocenters. The monoisotopic (exact) mass is 811 g/mol. The summed E-state index contributed by atoms with van der Waals surface area (Å²) in [6, 6.07) is 70.2. The normalized spacial score (nSPS) is 13.7. The molecule has 0 aliphatic heterocycles. The van der Waals surface area contributed by atoms with Crippen molar-refractivity contribution in [1.29, 1.82) is 0 Å². The third kappa shape index (κ3) is 5.44. The molecule has 1 heterocycles. The van der Waals surface area contributed by atoms with E-state index in [-0.39, 0.29) is 10.8 Å². The highest BCUT2D eigenvalue weighted by molar-refractivity contribution is 6.23. The van der Waals surface area contributed by atoms with Crippen molar-refractivity contribution in [2.45, 2.75) is 57.8 Å². The molecule has 2 aliphatic carbocycles. The SMILES string of the molecule is CC(C)(C)c1ccc2c(c1)C1(c3ccccc3-c3ccc(N(c4ccccc4-c4ccccc4)c4cc5ccccc5c5c4oc4ccccc45)cc31)c1cc(C(C)(C)C)ccc1-2. The summed E-state index contributed by atoms with van der Waals surface area (Å²) in [6.45, 7) is 14.0. The van der Waals surface area contributed by atoms with Crippen LogP contribution < -0.4 is 4.90 Å². The van der Waals surface area contributed by atoms with Gasteiger partial charge in [-0.15, -0.1) is 0 Å². The summed E-state index contributed by atoms with van der Waals surface area (Å²) in [4.78, 5) is 2.48. The standard InChI is InChI=1S/C61H49NO/c1-59(2,3)40-28-31-46-47-32-29-41(60(4,5)6)36-52(47)61(51(46)35-40)50-25-15-12-23-45(50)48-33-30-42(37-53(48)61)62(54-26-16-13-21-43(54)38-18-8-7-9-19-38)55-34-39-20-10-11-22-44(39)57-49-24-14-17-27-56(49)63-58(55)57/h7-37H,1-6H3. The smallest absolute Gasteiger partial charge is 0.160 e. The first kappa shape index (κ1) is 37.6. The number of rotatable bonds is 4. The van der Waals surface area contributed by atoms with Gasteiger partial charge in [-0.25, -0.2) is 0 Å². The molecule has 2 nitrogen and oxygen atoms in total. The van der Waals surface area contributed by atoms with E-state index in [9.17, 15) is 0 Å². The van der Waals surface area contributed by atoms with Crippen LogP contribution in [-0.4, -0.2) is 0 Å². The van der Waals surface area contributed by atoms with Gasteiger partial charge in [-0.2, -0.15) is 0 Å². The minimum absolute atomic E-state index is 0.0314.